The van der Waals surface area contributed by atoms with E-state index in [0.717, 1.165) is 10.2 Å². The molecule has 0 aliphatic carbocycles. The van der Waals surface area contributed by atoms with E-state index in [9.17, 15) is 4.79 Å². The highest BCUT2D eigenvalue weighted by atomic mass is 32.1. The summed E-state index contributed by atoms with van der Waals surface area (Å²) in [5.74, 6) is 0.892. The van der Waals surface area contributed by atoms with Crippen LogP contribution in [0.15, 0.2) is 41.9 Å². The van der Waals surface area contributed by atoms with Gasteiger partial charge in [0.2, 0.25) is 0 Å². The topological polar surface area (TPSA) is 60.5 Å². The third-order valence-electron chi connectivity index (χ3n) is 3.23. The highest BCUT2D eigenvalue weighted by Crippen LogP contribution is 2.28. The van der Waals surface area contributed by atoms with E-state index in [1.165, 1.54) is 7.11 Å². The summed E-state index contributed by atoms with van der Waals surface area (Å²) in [5.41, 5.74) is 3.86. The van der Waals surface area contributed by atoms with Gasteiger partial charge in [0.25, 0.3) is 5.91 Å². The minimum Gasteiger partial charge on any atom is -0.493 e. The molecule has 5 nitrogen and oxygen atoms in total. The molecule has 0 saturated heterocycles. The van der Waals surface area contributed by atoms with Crippen LogP contribution in [-0.4, -0.2) is 25.1 Å². The number of hydrogen-bond acceptors (Lipinski definition) is 5. The molecule has 2 aromatic carbocycles. The first-order valence-electron chi connectivity index (χ1n) is 6.58. The minimum atomic E-state index is -0.212. The molecule has 0 unspecified atom stereocenters. The van der Waals surface area contributed by atoms with Crippen LogP contribution in [0.1, 0.15) is 10.4 Å². The van der Waals surface area contributed by atoms with Crippen molar-refractivity contribution in [1.82, 2.24) is 4.98 Å². The number of carbonyl (C=O) groups is 1. The Kier molecular flexibility index (Phi) is 3.93. The quantitative estimate of drug-likeness (QED) is 0.800. The molecule has 1 heterocycles. The second-order valence-corrected chi connectivity index (χ2v) is 5.45. The largest absolute Gasteiger partial charge is 0.493 e. The van der Waals surface area contributed by atoms with Crippen molar-refractivity contribution in [2.24, 2.45) is 0 Å². The minimum absolute atomic E-state index is 0.212. The summed E-state index contributed by atoms with van der Waals surface area (Å²) in [6.45, 7) is 0. The summed E-state index contributed by atoms with van der Waals surface area (Å²) in [4.78, 5) is 16.6. The molecule has 0 spiro atoms. The molecule has 1 aromatic heterocycles. The lowest BCUT2D eigenvalue weighted by Gasteiger charge is -2.10. The number of benzene rings is 2. The third kappa shape index (κ3) is 2.73. The van der Waals surface area contributed by atoms with Crippen LogP contribution in [0.2, 0.25) is 0 Å². The number of rotatable bonds is 4. The van der Waals surface area contributed by atoms with Gasteiger partial charge >= 0.3 is 0 Å². The van der Waals surface area contributed by atoms with Crippen molar-refractivity contribution >= 4 is 33.1 Å². The molecule has 0 atom stereocenters. The van der Waals surface area contributed by atoms with Crippen molar-refractivity contribution in [2.45, 2.75) is 0 Å². The maximum absolute atomic E-state index is 12.3. The third-order valence-corrected chi connectivity index (χ3v) is 4.04. The lowest BCUT2D eigenvalue weighted by molar-refractivity contribution is 0.102. The molecule has 0 fully saturated rings. The average molecular weight is 314 g/mol. The highest BCUT2D eigenvalue weighted by Gasteiger charge is 2.11. The van der Waals surface area contributed by atoms with Gasteiger partial charge in [-0.1, -0.05) is 0 Å². The Bertz CT molecular complexity index is 829. The van der Waals surface area contributed by atoms with E-state index in [2.05, 4.69) is 10.3 Å². The van der Waals surface area contributed by atoms with E-state index in [0.29, 0.717) is 22.7 Å². The molecule has 22 heavy (non-hydrogen) atoms. The van der Waals surface area contributed by atoms with Crippen molar-refractivity contribution in [3.05, 3.63) is 47.5 Å². The van der Waals surface area contributed by atoms with Crippen LogP contribution in [0.25, 0.3) is 10.2 Å². The van der Waals surface area contributed by atoms with Gasteiger partial charge in [0.05, 0.1) is 29.9 Å². The van der Waals surface area contributed by atoms with Crippen LogP contribution >= 0.6 is 11.3 Å². The van der Waals surface area contributed by atoms with Gasteiger partial charge in [0.15, 0.2) is 11.5 Å². The molecule has 112 valence electrons. The van der Waals surface area contributed by atoms with Gasteiger partial charge in [0.1, 0.15) is 0 Å². The Morgan fingerprint density at radius 1 is 1.09 bits per heavy atom. The summed E-state index contributed by atoms with van der Waals surface area (Å²) in [6.07, 6.45) is 0. The van der Waals surface area contributed by atoms with E-state index in [4.69, 9.17) is 9.47 Å². The van der Waals surface area contributed by atoms with E-state index in [1.807, 2.05) is 18.2 Å². The summed E-state index contributed by atoms with van der Waals surface area (Å²) in [7, 11) is 3.09. The Balaban J connectivity index is 1.84. The monoisotopic (exact) mass is 314 g/mol. The number of nitrogens with one attached hydrogen (secondary N) is 1. The molecule has 0 saturated carbocycles. The number of fused-ring (bicyclic) bond motifs is 1. The molecule has 0 aliphatic rings. The highest BCUT2D eigenvalue weighted by molar-refractivity contribution is 7.16. The van der Waals surface area contributed by atoms with Gasteiger partial charge in [-0.2, -0.15) is 0 Å². The van der Waals surface area contributed by atoms with Crippen LogP contribution in [0, 0.1) is 0 Å². The van der Waals surface area contributed by atoms with Gasteiger partial charge in [-0.3, -0.25) is 4.79 Å². The van der Waals surface area contributed by atoms with Crippen molar-refractivity contribution in [1.29, 1.82) is 0 Å². The summed E-state index contributed by atoms with van der Waals surface area (Å²) >= 11 is 1.57. The molecule has 6 heteroatoms. The van der Waals surface area contributed by atoms with Crippen LogP contribution in [0.5, 0.6) is 11.5 Å². The first-order chi connectivity index (χ1) is 10.7. The Hall–Kier alpha value is -2.60. The summed E-state index contributed by atoms with van der Waals surface area (Å²) in [6, 6.07) is 10.7. The van der Waals surface area contributed by atoms with E-state index in [1.54, 1.807) is 42.2 Å². The second kappa shape index (κ2) is 6.03. The van der Waals surface area contributed by atoms with Crippen molar-refractivity contribution < 1.29 is 14.3 Å². The van der Waals surface area contributed by atoms with E-state index < -0.39 is 0 Å². The summed E-state index contributed by atoms with van der Waals surface area (Å²) < 4.78 is 11.5. The maximum atomic E-state index is 12.3. The van der Waals surface area contributed by atoms with Gasteiger partial charge in [0, 0.05) is 11.3 Å². The van der Waals surface area contributed by atoms with Crippen LogP contribution in [-0.2, 0) is 0 Å². The predicted molar refractivity (Wildman–Crippen MR) is 87.1 cm³/mol. The Morgan fingerprint density at radius 2 is 1.91 bits per heavy atom. The number of thiazole rings is 1. The normalized spacial score (nSPS) is 10.5. The zero-order chi connectivity index (χ0) is 15.5. The fourth-order valence-electron chi connectivity index (χ4n) is 2.12. The lowest BCUT2D eigenvalue weighted by Crippen LogP contribution is -2.12. The Labute approximate surface area is 131 Å². The lowest BCUT2D eigenvalue weighted by atomic mass is 10.2. The molecule has 0 bridgehead atoms. The van der Waals surface area contributed by atoms with Gasteiger partial charge in [-0.15, -0.1) is 11.3 Å². The number of ether oxygens (including phenoxy) is 2. The molecule has 3 aromatic rings. The second-order valence-electron chi connectivity index (χ2n) is 4.56. The first-order valence-corrected chi connectivity index (χ1v) is 7.46. The zero-order valence-corrected chi connectivity index (χ0v) is 12.9. The Morgan fingerprint density at radius 3 is 2.68 bits per heavy atom. The number of aromatic nitrogens is 1. The molecule has 1 N–H and O–H groups in total. The predicted octanol–water partition coefficient (Wildman–Crippen LogP) is 3.57. The number of hydrogen-bond donors (Lipinski definition) is 1. The number of amides is 1. The van der Waals surface area contributed by atoms with E-state index >= 15 is 0 Å². The SMILES string of the molecule is COc1ccc(C(=O)Nc2ccc3scnc3c2)cc1OC. The van der Waals surface area contributed by atoms with Gasteiger partial charge < -0.3 is 14.8 Å². The van der Waals surface area contributed by atoms with Crippen molar-refractivity contribution in [2.75, 3.05) is 19.5 Å². The fraction of sp³-hybridized carbons (Fsp3) is 0.125. The zero-order valence-electron chi connectivity index (χ0n) is 12.1. The first kappa shape index (κ1) is 14.3. The molecule has 3 rings (SSSR count). The molecular weight excluding hydrogens is 300 g/mol. The van der Waals surface area contributed by atoms with Crippen LogP contribution in [0.3, 0.4) is 0 Å². The fourth-order valence-corrected chi connectivity index (χ4v) is 2.78. The smallest absolute Gasteiger partial charge is 0.255 e. The molecule has 1 amide bonds. The van der Waals surface area contributed by atoms with Crippen molar-refractivity contribution in [3.63, 3.8) is 0 Å². The standard InChI is InChI=1S/C16H14N2O3S/c1-20-13-5-3-10(7-14(13)21-2)16(19)18-11-4-6-15-12(8-11)17-9-22-15/h3-9H,1-2H3,(H,18,19). The van der Waals surface area contributed by atoms with Gasteiger partial charge in [-0.25, -0.2) is 4.98 Å². The summed E-state index contributed by atoms with van der Waals surface area (Å²) in [5, 5.41) is 2.86. The van der Waals surface area contributed by atoms with Crippen LogP contribution < -0.4 is 14.8 Å². The average Bonchev–Trinajstić information content (AvgIpc) is 3.01. The number of nitrogens with zero attached hydrogens (tertiary/aromatic N) is 1. The molecular formula is C16H14N2O3S. The van der Waals surface area contributed by atoms with Crippen molar-refractivity contribution in [3.8, 4) is 11.5 Å². The molecule has 0 aliphatic heterocycles. The van der Waals surface area contributed by atoms with Crippen LogP contribution in [0.4, 0.5) is 5.69 Å². The van der Waals surface area contributed by atoms with Gasteiger partial charge in [-0.05, 0) is 36.4 Å². The number of carbonyl (C=O) groups excluding carboxylic acids is 1. The maximum Gasteiger partial charge on any atom is 0.255 e. The number of anilines is 1. The number of methoxy groups -OCH3 is 2. The van der Waals surface area contributed by atoms with E-state index in [-0.39, 0.29) is 5.91 Å². The molecule has 0 radical (unpaired) electrons.